The summed E-state index contributed by atoms with van der Waals surface area (Å²) >= 11 is 0. The third-order valence-corrected chi connectivity index (χ3v) is 5.25. The van der Waals surface area contributed by atoms with Crippen molar-refractivity contribution in [2.24, 2.45) is 11.7 Å². The molecule has 1 aromatic heterocycles. The van der Waals surface area contributed by atoms with E-state index in [0.29, 0.717) is 0 Å². The summed E-state index contributed by atoms with van der Waals surface area (Å²) in [6, 6.07) is 0.722. The fourth-order valence-electron chi connectivity index (χ4n) is 3.65. The van der Waals surface area contributed by atoms with Gasteiger partial charge in [0, 0.05) is 30.9 Å². The number of piperidine rings is 2. The first-order valence-corrected chi connectivity index (χ1v) is 9.07. The molecule has 5 N–H and O–H groups in total. The number of halogens is 6. The predicted molar refractivity (Wildman–Crippen MR) is 94.7 cm³/mol. The van der Waals surface area contributed by atoms with Crippen LogP contribution in [0.25, 0.3) is 0 Å². The van der Waals surface area contributed by atoms with E-state index in [9.17, 15) is 36.2 Å². The number of amides is 1. The third kappa shape index (κ3) is 4.29. The smallest absolute Gasteiger partial charge is 0.401 e. The molecule has 31 heavy (non-hydrogen) atoms. The fourth-order valence-corrected chi connectivity index (χ4v) is 3.65. The number of hydrogen-bond acceptors (Lipinski definition) is 7. The lowest BCUT2D eigenvalue weighted by Gasteiger charge is -2.39. The molecule has 170 valence electrons. The Kier molecular flexibility index (Phi) is 5.63. The largest absolute Gasteiger partial charge is 0.433 e. The first kappa shape index (κ1) is 22.8. The van der Waals surface area contributed by atoms with Gasteiger partial charge >= 0.3 is 12.4 Å². The number of nitrogens with zero attached hydrogens (tertiary/aromatic N) is 3. The van der Waals surface area contributed by atoms with Gasteiger partial charge in [-0.3, -0.25) is 10.2 Å². The van der Waals surface area contributed by atoms with Gasteiger partial charge in [0.1, 0.15) is 11.5 Å². The number of nitrogens with one attached hydrogen (secondary N) is 2. The highest BCUT2D eigenvalue weighted by atomic mass is 19.4. The molecule has 1 aromatic rings. The summed E-state index contributed by atoms with van der Waals surface area (Å²) in [6.07, 6.45) is -10.0. The second-order valence-corrected chi connectivity index (χ2v) is 7.29. The molecule has 1 atom stereocenters. The molecule has 3 rings (SSSR count). The molecule has 3 heterocycles. The predicted octanol–water partition coefficient (Wildman–Crippen LogP) is 1.72. The Morgan fingerprint density at radius 3 is 2.42 bits per heavy atom. The summed E-state index contributed by atoms with van der Waals surface area (Å²) in [5, 5.41) is 19.9. The molecule has 2 aliphatic heterocycles. The molecular formula is C17H18F6N6O2. The van der Waals surface area contributed by atoms with Gasteiger partial charge in [0.05, 0.1) is 12.0 Å². The molecule has 14 heteroatoms. The van der Waals surface area contributed by atoms with Crippen molar-refractivity contribution in [2.75, 3.05) is 18.0 Å². The zero-order chi connectivity index (χ0) is 23.2. The Hall–Kier alpha value is -2.90. The van der Waals surface area contributed by atoms with Gasteiger partial charge in [-0.25, -0.2) is 9.97 Å². The lowest BCUT2D eigenvalue weighted by atomic mass is 9.79. The number of nitrogens with two attached hydrogens (primary N) is 1. The number of amidine groups is 1. The number of aromatic nitrogens is 2. The number of carbonyl (C=O) groups is 1. The van der Waals surface area contributed by atoms with Crippen molar-refractivity contribution in [1.82, 2.24) is 15.3 Å². The molecule has 0 saturated carbocycles. The van der Waals surface area contributed by atoms with E-state index in [0.717, 1.165) is 12.3 Å². The normalized spacial score (nSPS) is 25.5. The quantitative estimate of drug-likeness (QED) is 0.506. The molecule has 1 unspecified atom stereocenters. The van der Waals surface area contributed by atoms with Gasteiger partial charge < -0.3 is 21.1 Å². The van der Waals surface area contributed by atoms with Gasteiger partial charge in [0.25, 0.3) is 0 Å². The maximum absolute atomic E-state index is 13.5. The van der Waals surface area contributed by atoms with Crippen molar-refractivity contribution in [3.8, 4) is 0 Å². The first-order chi connectivity index (χ1) is 14.2. The summed E-state index contributed by atoms with van der Waals surface area (Å²) in [4.78, 5) is 20.2. The molecule has 0 aromatic carbocycles. The van der Waals surface area contributed by atoms with Gasteiger partial charge in [-0.15, -0.1) is 0 Å². The van der Waals surface area contributed by atoms with E-state index >= 15 is 0 Å². The van der Waals surface area contributed by atoms with Crippen molar-refractivity contribution >= 4 is 17.7 Å². The van der Waals surface area contributed by atoms with Crippen molar-refractivity contribution in [2.45, 2.75) is 37.2 Å². The molecular weight excluding hydrogens is 434 g/mol. The maximum Gasteiger partial charge on any atom is 0.433 e. The number of rotatable bonds is 2. The summed E-state index contributed by atoms with van der Waals surface area (Å²) in [5.41, 5.74) is -0.0991. The van der Waals surface area contributed by atoms with Crippen LogP contribution >= 0.6 is 0 Å². The van der Waals surface area contributed by atoms with Gasteiger partial charge in [0.15, 0.2) is 5.60 Å². The van der Waals surface area contributed by atoms with Crippen molar-refractivity contribution in [3.05, 3.63) is 29.2 Å². The van der Waals surface area contributed by atoms with Gasteiger partial charge in [0.2, 0.25) is 11.9 Å². The summed E-state index contributed by atoms with van der Waals surface area (Å²) in [5.74, 6) is -2.99. The molecule has 2 saturated heterocycles. The summed E-state index contributed by atoms with van der Waals surface area (Å²) < 4.78 is 79.1. The molecule has 0 spiro atoms. The Bertz CT molecular complexity index is 922. The van der Waals surface area contributed by atoms with Crippen LogP contribution in [0.1, 0.15) is 25.0 Å². The maximum atomic E-state index is 13.5. The zero-order valence-electron chi connectivity index (χ0n) is 15.8. The van der Waals surface area contributed by atoms with Crippen LogP contribution in [0.3, 0.4) is 0 Å². The van der Waals surface area contributed by atoms with Crippen LogP contribution in [0.2, 0.25) is 0 Å². The minimum Gasteiger partial charge on any atom is -0.401 e. The van der Waals surface area contributed by atoms with E-state index in [1.54, 1.807) is 0 Å². The number of anilines is 1. The highest BCUT2D eigenvalue weighted by Gasteiger charge is 2.61. The lowest BCUT2D eigenvalue weighted by molar-refractivity contribution is -0.244. The van der Waals surface area contributed by atoms with Crippen LogP contribution in [0.4, 0.5) is 32.3 Å². The number of aliphatic hydroxyl groups is 1. The third-order valence-electron chi connectivity index (χ3n) is 5.25. The number of alkyl halides is 6. The fraction of sp³-hybridized carbons (Fsp3) is 0.529. The highest BCUT2D eigenvalue weighted by molar-refractivity contribution is 6.11. The van der Waals surface area contributed by atoms with E-state index < -0.39 is 59.0 Å². The Labute approximate surface area is 171 Å². The van der Waals surface area contributed by atoms with E-state index in [1.807, 2.05) is 5.32 Å². The van der Waals surface area contributed by atoms with Crippen LogP contribution in [0.5, 0.6) is 0 Å². The van der Waals surface area contributed by atoms with Crippen LogP contribution in [-0.2, 0) is 11.0 Å². The average Bonchev–Trinajstić information content (AvgIpc) is 2.66. The second kappa shape index (κ2) is 7.66. The van der Waals surface area contributed by atoms with Crippen LogP contribution in [0, 0.1) is 11.3 Å². The highest BCUT2D eigenvalue weighted by Crippen LogP contribution is 2.43. The average molecular weight is 452 g/mol. The monoisotopic (exact) mass is 452 g/mol. The minimum atomic E-state index is -5.25. The molecule has 1 amide bonds. The first-order valence-electron chi connectivity index (χ1n) is 9.07. The Morgan fingerprint density at radius 2 is 1.87 bits per heavy atom. The molecule has 0 aliphatic carbocycles. The molecule has 0 bridgehead atoms. The van der Waals surface area contributed by atoms with E-state index in [2.05, 4.69) is 9.97 Å². The Morgan fingerprint density at radius 1 is 1.26 bits per heavy atom. The van der Waals surface area contributed by atoms with Crippen LogP contribution < -0.4 is 16.0 Å². The van der Waals surface area contributed by atoms with Crippen molar-refractivity contribution in [1.29, 1.82) is 5.41 Å². The van der Waals surface area contributed by atoms with E-state index in [-0.39, 0.29) is 31.9 Å². The second-order valence-electron chi connectivity index (χ2n) is 7.29. The van der Waals surface area contributed by atoms with Gasteiger partial charge in [-0.2, -0.15) is 26.3 Å². The molecule has 2 fully saturated rings. The Balaban J connectivity index is 1.83. The minimum absolute atomic E-state index is 0.0874. The topological polar surface area (TPSA) is 128 Å². The SMILES string of the molecule is N=C1NC(=O)CC(O)(C(F)(F)F)C1=C(N)C1CCN(c2nccc(C(F)(F)F)n2)CC1. The number of carbonyl (C=O) groups excluding carboxylic acids is 1. The van der Waals surface area contributed by atoms with Crippen molar-refractivity contribution in [3.63, 3.8) is 0 Å². The molecule has 0 radical (unpaired) electrons. The molecule has 8 nitrogen and oxygen atoms in total. The van der Waals surface area contributed by atoms with E-state index in [4.69, 9.17) is 11.1 Å². The lowest BCUT2D eigenvalue weighted by Crippen LogP contribution is -2.59. The number of hydrogen-bond donors (Lipinski definition) is 4. The van der Waals surface area contributed by atoms with Gasteiger partial charge in [-0.1, -0.05) is 0 Å². The standard InChI is InChI=1S/C17H18F6N6O2/c18-16(19,20)9-1-4-26-14(27-9)29-5-2-8(3-6-29)12(24)11-13(25)28-10(30)7-15(11,31)17(21,22)23/h1,4,8,31H,2-3,5-7,24H2,(H2,25,28,30). The zero-order valence-corrected chi connectivity index (χ0v) is 15.8. The number of allylic oxidation sites excluding steroid dienone is 1. The molecule has 2 aliphatic rings. The van der Waals surface area contributed by atoms with Crippen LogP contribution in [-0.4, -0.2) is 51.7 Å². The summed E-state index contributed by atoms with van der Waals surface area (Å²) in [6.45, 7) is 0.175. The van der Waals surface area contributed by atoms with Gasteiger partial charge in [-0.05, 0) is 18.9 Å². The van der Waals surface area contributed by atoms with Crippen molar-refractivity contribution < 1.29 is 36.2 Å². The summed E-state index contributed by atoms with van der Waals surface area (Å²) in [7, 11) is 0. The van der Waals surface area contributed by atoms with E-state index in [1.165, 1.54) is 4.90 Å². The van der Waals surface area contributed by atoms with Crippen LogP contribution in [0.15, 0.2) is 23.5 Å².